The minimum Gasteiger partial charge on any atom is -0.378 e. The van der Waals surface area contributed by atoms with E-state index in [0.717, 1.165) is 0 Å². The Balaban J connectivity index is 1.78. The Morgan fingerprint density at radius 3 is 2.42 bits per heavy atom. The van der Waals surface area contributed by atoms with Crippen LogP contribution in [0, 0.1) is 6.92 Å². The van der Waals surface area contributed by atoms with Crippen LogP contribution in [-0.2, 0) is 14.8 Å². The summed E-state index contributed by atoms with van der Waals surface area (Å²) in [6.07, 6.45) is 0. The van der Waals surface area contributed by atoms with E-state index in [4.69, 9.17) is 16.3 Å². The number of sulfonamides is 1. The van der Waals surface area contributed by atoms with Crippen LogP contribution in [0.25, 0.3) is 0 Å². The molecule has 0 saturated carbocycles. The molecule has 0 bridgehead atoms. The van der Waals surface area contributed by atoms with E-state index in [1.54, 1.807) is 30.0 Å². The highest BCUT2D eigenvalue weighted by atomic mass is 35.5. The number of carbonyl (C=O) groups excluding carboxylic acids is 1. The SMILES string of the molecule is Cc1c(Cl)cccc1NS(=O)(=O)c1ccc(C(=O)N2CCOCC2)cc1. The van der Waals surface area contributed by atoms with Gasteiger partial charge in [-0.25, -0.2) is 8.42 Å². The number of hydrogen-bond donors (Lipinski definition) is 1. The summed E-state index contributed by atoms with van der Waals surface area (Å²) in [4.78, 5) is 14.2. The van der Waals surface area contributed by atoms with Crippen molar-refractivity contribution in [1.82, 2.24) is 4.90 Å². The molecule has 1 fully saturated rings. The van der Waals surface area contributed by atoms with Crippen LogP contribution in [0.3, 0.4) is 0 Å². The largest absolute Gasteiger partial charge is 0.378 e. The predicted molar refractivity (Wildman–Crippen MR) is 100 cm³/mol. The van der Waals surface area contributed by atoms with Crippen LogP contribution >= 0.6 is 11.6 Å². The van der Waals surface area contributed by atoms with Crippen LogP contribution in [0.4, 0.5) is 5.69 Å². The van der Waals surface area contributed by atoms with Gasteiger partial charge in [0, 0.05) is 23.7 Å². The second kappa shape index (κ2) is 7.65. The van der Waals surface area contributed by atoms with Crippen molar-refractivity contribution in [3.63, 3.8) is 0 Å². The minimum absolute atomic E-state index is 0.0791. The first-order chi connectivity index (χ1) is 12.4. The second-order valence-electron chi connectivity index (χ2n) is 5.95. The average Bonchev–Trinajstić information content (AvgIpc) is 2.65. The number of anilines is 1. The lowest BCUT2D eigenvalue weighted by Crippen LogP contribution is -2.40. The second-order valence-corrected chi connectivity index (χ2v) is 8.04. The van der Waals surface area contributed by atoms with Gasteiger partial charge in [0.2, 0.25) is 0 Å². The Morgan fingerprint density at radius 1 is 1.12 bits per heavy atom. The fraction of sp³-hybridized carbons (Fsp3) is 0.278. The van der Waals surface area contributed by atoms with E-state index >= 15 is 0 Å². The molecule has 0 aromatic heterocycles. The van der Waals surface area contributed by atoms with Gasteiger partial charge < -0.3 is 9.64 Å². The van der Waals surface area contributed by atoms with Crippen molar-refractivity contribution in [1.29, 1.82) is 0 Å². The molecule has 0 spiro atoms. The fourth-order valence-electron chi connectivity index (χ4n) is 2.65. The van der Waals surface area contributed by atoms with Gasteiger partial charge in [-0.1, -0.05) is 17.7 Å². The Morgan fingerprint density at radius 2 is 1.77 bits per heavy atom. The highest BCUT2D eigenvalue weighted by Crippen LogP contribution is 2.25. The number of nitrogens with one attached hydrogen (secondary N) is 1. The summed E-state index contributed by atoms with van der Waals surface area (Å²) >= 11 is 6.03. The van der Waals surface area contributed by atoms with E-state index < -0.39 is 10.0 Å². The topological polar surface area (TPSA) is 75.7 Å². The van der Waals surface area contributed by atoms with Crippen molar-refractivity contribution < 1.29 is 17.9 Å². The van der Waals surface area contributed by atoms with E-state index in [1.165, 1.54) is 24.3 Å². The van der Waals surface area contributed by atoms with Gasteiger partial charge in [-0.15, -0.1) is 0 Å². The molecule has 1 amide bonds. The fourth-order valence-corrected chi connectivity index (χ4v) is 3.94. The standard InChI is InChI=1S/C18H19ClN2O4S/c1-13-16(19)3-2-4-17(13)20-26(23,24)15-7-5-14(6-8-15)18(22)21-9-11-25-12-10-21/h2-8,20H,9-12H2,1H3. The Hall–Kier alpha value is -2.09. The number of amides is 1. The summed E-state index contributed by atoms with van der Waals surface area (Å²) in [5, 5.41) is 0.483. The van der Waals surface area contributed by atoms with Gasteiger partial charge in [0.25, 0.3) is 15.9 Å². The van der Waals surface area contributed by atoms with Crippen molar-refractivity contribution in [2.75, 3.05) is 31.0 Å². The van der Waals surface area contributed by atoms with Gasteiger partial charge in [-0.05, 0) is 48.9 Å². The normalized spacial score (nSPS) is 14.9. The number of ether oxygens (including phenoxy) is 1. The van der Waals surface area contributed by atoms with Crippen LogP contribution in [0.15, 0.2) is 47.4 Å². The predicted octanol–water partition coefficient (Wildman–Crippen LogP) is 2.92. The van der Waals surface area contributed by atoms with Gasteiger partial charge >= 0.3 is 0 Å². The van der Waals surface area contributed by atoms with Gasteiger partial charge in [-0.3, -0.25) is 9.52 Å². The molecule has 1 aliphatic rings. The summed E-state index contributed by atoms with van der Waals surface area (Å²) in [7, 11) is -3.77. The first-order valence-corrected chi connectivity index (χ1v) is 9.99. The van der Waals surface area contributed by atoms with Crippen molar-refractivity contribution in [2.24, 2.45) is 0 Å². The number of rotatable bonds is 4. The third-order valence-electron chi connectivity index (χ3n) is 4.22. The molecule has 0 radical (unpaired) electrons. The maximum Gasteiger partial charge on any atom is 0.261 e. The Bertz CT molecular complexity index is 907. The summed E-state index contributed by atoms with van der Waals surface area (Å²) < 4.78 is 32.9. The van der Waals surface area contributed by atoms with E-state index in [9.17, 15) is 13.2 Å². The molecular weight excluding hydrogens is 376 g/mol. The van der Waals surface area contributed by atoms with E-state index in [-0.39, 0.29) is 10.8 Å². The van der Waals surface area contributed by atoms with Crippen LogP contribution < -0.4 is 4.72 Å². The molecule has 138 valence electrons. The Labute approximate surface area is 157 Å². The third kappa shape index (κ3) is 4.00. The summed E-state index contributed by atoms with van der Waals surface area (Å²) in [5.41, 5.74) is 1.52. The van der Waals surface area contributed by atoms with Crippen molar-refractivity contribution in [3.8, 4) is 0 Å². The Kier molecular flexibility index (Phi) is 5.50. The molecule has 0 unspecified atom stereocenters. The first-order valence-electron chi connectivity index (χ1n) is 8.13. The van der Waals surface area contributed by atoms with Crippen LogP contribution in [0.5, 0.6) is 0 Å². The quantitative estimate of drug-likeness (QED) is 0.865. The molecule has 1 heterocycles. The van der Waals surface area contributed by atoms with Gasteiger partial charge in [0.1, 0.15) is 0 Å². The molecule has 0 aliphatic carbocycles. The van der Waals surface area contributed by atoms with Gasteiger partial charge in [0.05, 0.1) is 23.8 Å². The summed E-state index contributed by atoms with van der Waals surface area (Å²) in [5.74, 6) is -0.129. The molecule has 1 saturated heterocycles. The lowest BCUT2D eigenvalue weighted by molar-refractivity contribution is 0.0303. The number of morpholine rings is 1. The summed E-state index contributed by atoms with van der Waals surface area (Å²) in [6, 6.07) is 10.9. The van der Waals surface area contributed by atoms with Gasteiger partial charge in [-0.2, -0.15) is 0 Å². The highest BCUT2D eigenvalue weighted by molar-refractivity contribution is 7.92. The molecule has 8 heteroatoms. The molecule has 2 aromatic rings. The average molecular weight is 395 g/mol. The van der Waals surface area contributed by atoms with Crippen LogP contribution in [0.1, 0.15) is 15.9 Å². The van der Waals surface area contributed by atoms with Crippen molar-refractivity contribution >= 4 is 33.2 Å². The number of benzene rings is 2. The van der Waals surface area contributed by atoms with Crippen molar-refractivity contribution in [2.45, 2.75) is 11.8 Å². The molecule has 6 nitrogen and oxygen atoms in total. The van der Waals surface area contributed by atoms with Gasteiger partial charge in [0.15, 0.2) is 0 Å². The zero-order chi connectivity index (χ0) is 18.7. The molecular formula is C18H19ClN2O4S. The lowest BCUT2D eigenvalue weighted by Gasteiger charge is -2.26. The number of carbonyl (C=O) groups is 1. The van der Waals surface area contributed by atoms with Crippen LogP contribution in [0.2, 0.25) is 5.02 Å². The highest BCUT2D eigenvalue weighted by Gasteiger charge is 2.20. The number of halogens is 1. The lowest BCUT2D eigenvalue weighted by atomic mass is 10.2. The smallest absolute Gasteiger partial charge is 0.261 e. The zero-order valence-corrected chi connectivity index (χ0v) is 15.8. The summed E-state index contributed by atoms with van der Waals surface area (Å²) in [6.45, 7) is 3.84. The molecule has 26 heavy (non-hydrogen) atoms. The van der Waals surface area contributed by atoms with E-state index in [1.807, 2.05) is 0 Å². The third-order valence-corrected chi connectivity index (χ3v) is 6.01. The monoisotopic (exact) mass is 394 g/mol. The molecule has 2 aromatic carbocycles. The maximum atomic E-state index is 12.6. The molecule has 1 N–H and O–H groups in total. The number of nitrogens with zero attached hydrogens (tertiary/aromatic N) is 1. The first kappa shape index (κ1) is 18.7. The van der Waals surface area contributed by atoms with E-state index in [2.05, 4.69) is 4.72 Å². The van der Waals surface area contributed by atoms with Crippen molar-refractivity contribution in [3.05, 3.63) is 58.6 Å². The zero-order valence-electron chi connectivity index (χ0n) is 14.2. The molecule has 3 rings (SSSR count). The molecule has 1 aliphatic heterocycles. The molecule has 0 atom stereocenters. The van der Waals surface area contributed by atoms with E-state index in [0.29, 0.717) is 48.1 Å². The maximum absolute atomic E-state index is 12.6. The van der Waals surface area contributed by atoms with Crippen LogP contribution in [-0.4, -0.2) is 45.5 Å². The minimum atomic E-state index is -3.77. The number of hydrogen-bond acceptors (Lipinski definition) is 4.